The number of rotatable bonds is 0. The second kappa shape index (κ2) is 15.7. The summed E-state index contributed by atoms with van der Waals surface area (Å²) < 4.78 is 0. The van der Waals surface area contributed by atoms with Gasteiger partial charge in [0, 0.05) is 138 Å². The third-order valence-corrected chi connectivity index (χ3v) is 0. The maximum Gasteiger partial charge on any atom is 0 e. The monoisotopic (exact) mass is 370 g/mol. The number of hydrogen-bond donors (Lipinski definition) is 0. The third-order valence-electron chi connectivity index (χ3n) is 0. The van der Waals surface area contributed by atoms with Crippen LogP contribution in [-0.2, 0) is 17.1 Å². The average molecular weight is 369 g/mol. The Kier molecular flexibility index (Phi) is 92.7. The standard InChI is InChI=1S/Ba.Eu.Mg.Mn. The van der Waals surface area contributed by atoms with Gasteiger partial charge in [0.15, 0.2) is 0 Å². The molecule has 0 rings (SSSR count). The Hall–Kier alpha value is 4.44. The van der Waals surface area contributed by atoms with Crippen LogP contribution in [0.2, 0.25) is 0 Å². The summed E-state index contributed by atoms with van der Waals surface area (Å²) in [4.78, 5) is 0. The molecule has 0 aliphatic rings. The Bertz CT molecular complexity index is 8.00. The van der Waals surface area contributed by atoms with Gasteiger partial charge in [-0.3, -0.25) is 0 Å². The van der Waals surface area contributed by atoms with Gasteiger partial charge in [-0.2, -0.15) is 0 Å². The molecular formula is BaEuMgMn. The first-order valence-electron chi connectivity index (χ1n) is 0. The predicted octanol–water partition coefficient (Wildman–Crippen LogP) is -0.764. The van der Waals surface area contributed by atoms with Crippen molar-refractivity contribution in [3.63, 3.8) is 0 Å². The SMILES string of the molecule is [Ba].[Eu].[Mg].[Mn]. The normalized spacial score (nSPS) is 0. The van der Waals surface area contributed by atoms with E-state index in [4.69, 9.17) is 0 Å². The van der Waals surface area contributed by atoms with E-state index in [1.165, 1.54) is 0 Å². The van der Waals surface area contributed by atoms with Crippen LogP contribution >= 0.6 is 0 Å². The molecule has 0 atom stereocenters. The van der Waals surface area contributed by atoms with Gasteiger partial charge in [-0.1, -0.05) is 0 Å². The van der Waals surface area contributed by atoms with E-state index < -0.39 is 0 Å². The van der Waals surface area contributed by atoms with Gasteiger partial charge in [0.25, 0.3) is 0 Å². The minimum Gasteiger partial charge on any atom is 0 e. The molecule has 0 aromatic heterocycles. The summed E-state index contributed by atoms with van der Waals surface area (Å²) in [5.41, 5.74) is 0. The molecule has 0 spiro atoms. The molecule has 4 heteroatoms. The molecule has 0 aliphatic carbocycles. The van der Waals surface area contributed by atoms with Crippen molar-refractivity contribution in [2.45, 2.75) is 0 Å². The summed E-state index contributed by atoms with van der Waals surface area (Å²) in [5.74, 6) is 0. The Balaban J connectivity index is 0. The van der Waals surface area contributed by atoms with Gasteiger partial charge in [-0.15, -0.1) is 0 Å². The smallest absolute Gasteiger partial charge is 0 e. The summed E-state index contributed by atoms with van der Waals surface area (Å²) >= 11 is 0. The van der Waals surface area contributed by atoms with Crippen LogP contribution in [-0.4, -0.2) is 71.9 Å². The fraction of sp³-hybridized carbons (Fsp3) is 0. The summed E-state index contributed by atoms with van der Waals surface area (Å²) in [5, 5.41) is 0. The van der Waals surface area contributed by atoms with Crippen molar-refractivity contribution in [3.05, 3.63) is 0 Å². The van der Waals surface area contributed by atoms with Gasteiger partial charge in [0.1, 0.15) is 0 Å². The molecule has 0 unspecified atom stereocenters. The van der Waals surface area contributed by atoms with E-state index in [1.807, 2.05) is 0 Å². The molecule has 0 aromatic rings. The minimum absolute atomic E-state index is 0. The van der Waals surface area contributed by atoms with Crippen LogP contribution in [0.25, 0.3) is 0 Å². The second-order valence-electron chi connectivity index (χ2n) is 0. The van der Waals surface area contributed by atoms with Crippen LogP contribution in [0.15, 0.2) is 0 Å². The van der Waals surface area contributed by atoms with Gasteiger partial charge in [-0.05, 0) is 0 Å². The van der Waals surface area contributed by atoms with Crippen molar-refractivity contribution in [1.29, 1.82) is 0 Å². The molecule has 0 amide bonds. The van der Waals surface area contributed by atoms with Crippen LogP contribution in [0, 0.1) is 49.4 Å². The minimum atomic E-state index is 0. The Morgan fingerprint density at radius 1 is 1.00 bits per heavy atom. The fourth-order valence-electron chi connectivity index (χ4n) is 0. The summed E-state index contributed by atoms with van der Waals surface area (Å²) in [7, 11) is 0. The molecule has 0 nitrogen and oxygen atoms in total. The van der Waals surface area contributed by atoms with E-state index in [0.29, 0.717) is 0 Å². The molecule has 0 fully saturated rings. The zero-order valence-corrected chi connectivity index (χ0v) is 11.6. The Morgan fingerprint density at radius 3 is 1.00 bits per heavy atom. The molecule has 0 bridgehead atoms. The first-order chi connectivity index (χ1) is 0. The van der Waals surface area contributed by atoms with Crippen LogP contribution in [0.1, 0.15) is 0 Å². The van der Waals surface area contributed by atoms with Gasteiger partial charge < -0.3 is 0 Å². The van der Waals surface area contributed by atoms with Crippen molar-refractivity contribution in [2.75, 3.05) is 0 Å². The third kappa shape index (κ3) is 9.67. The largest absolute Gasteiger partial charge is 0 e. The average Bonchev–Trinajstić information content (AvgIpc) is 0. The summed E-state index contributed by atoms with van der Waals surface area (Å²) in [6.07, 6.45) is 0. The van der Waals surface area contributed by atoms with Crippen LogP contribution < -0.4 is 0 Å². The van der Waals surface area contributed by atoms with E-state index in [0.717, 1.165) is 0 Å². The Labute approximate surface area is 134 Å². The van der Waals surface area contributed by atoms with Crippen molar-refractivity contribution in [1.82, 2.24) is 0 Å². The van der Waals surface area contributed by atoms with E-state index in [9.17, 15) is 0 Å². The number of hydrogen-bond acceptors (Lipinski definition) is 0. The van der Waals surface area contributed by atoms with E-state index in [1.54, 1.807) is 0 Å². The first-order valence-corrected chi connectivity index (χ1v) is 0. The van der Waals surface area contributed by atoms with Crippen molar-refractivity contribution < 1.29 is 66.4 Å². The van der Waals surface area contributed by atoms with Crippen molar-refractivity contribution in [3.8, 4) is 0 Å². The molecule has 4 heavy (non-hydrogen) atoms. The zero-order valence-electron chi connectivity index (χ0n) is 2.17. The van der Waals surface area contributed by atoms with Crippen molar-refractivity contribution >= 4 is 71.9 Å². The quantitative estimate of drug-likeness (QED) is 0.493. The molecule has 0 aliphatic heterocycles. The predicted molar refractivity (Wildman–Crippen MR) is 11.5 cm³/mol. The topological polar surface area (TPSA) is 0 Å². The molecule has 0 aromatic carbocycles. The van der Waals surface area contributed by atoms with Gasteiger partial charge in [0.05, 0.1) is 0 Å². The molecule has 0 heterocycles. The molecule has 0 saturated heterocycles. The van der Waals surface area contributed by atoms with Gasteiger partial charge in [-0.25, -0.2) is 0 Å². The van der Waals surface area contributed by atoms with Crippen LogP contribution in [0.3, 0.4) is 0 Å². The molecular weight excluding hydrogens is 369 g/mol. The van der Waals surface area contributed by atoms with E-state index in [-0.39, 0.29) is 138 Å². The maximum atomic E-state index is 0. The Morgan fingerprint density at radius 2 is 1.00 bits per heavy atom. The molecule has 0 N–H and O–H groups in total. The summed E-state index contributed by atoms with van der Waals surface area (Å²) in [6, 6.07) is 0. The molecule has 6 radical (unpaired) electrons. The van der Waals surface area contributed by atoms with E-state index >= 15 is 0 Å². The zero-order chi connectivity index (χ0) is 0. The molecule has 0 saturated carbocycles. The second-order valence-corrected chi connectivity index (χ2v) is 0. The van der Waals surface area contributed by atoms with Crippen molar-refractivity contribution in [2.24, 2.45) is 0 Å². The molecule has 18 valence electrons. The maximum absolute atomic E-state index is 0. The summed E-state index contributed by atoms with van der Waals surface area (Å²) in [6.45, 7) is 0. The van der Waals surface area contributed by atoms with Gasteiger partial charge in [0.2, 0.25) is 0 Å². The fourth-order valence-corrected chi connectivity index (χ4v) is 0. The first kappa shape index (κ1) is 23.7. The van der Waals surface area contributed by atoms with Crippen LogP contribution in [0.5, 0.6) is 0 Å². The van der Waals surface area contributed by atoms with Crippen LogP contribution in [0.4, 0.5) is 0 Å². The van der Waals surface area contributed by atoms with E-state index in [2.05, 4.69) is 0 Å². The van der Waals surface area contributed by atoms with Gasteiger partial charge >= 0.3 is 0 Å².